The van der Waals surface area contributed by atoms with Crippen LogP contribution in [0.1, 0.15) is 49.1 Å². The van der Waals surface area contributed by atoms with Crippen LogP contribution in [0.25, 0.3) is 11.1 Å². The second-order valence-electron chi connectivity index (χ2n) is 10.3. The number of ether oxygens (including phenoxy) is 2. The summed E-state index contributed by atoms with van der Waals surface area (Å²) in [6, 6.07) is 12.8. The van der Waals surface area contributed by atoms with Crippen molar-refractivity contribution in [2.24, 2.45) is 11.7 Å². The van der Waals surface area contributed by atoms with E-state index in [1.807, 2.05) is 42.2 Å². The molecular weight excluding hydrogens is 459 g/mol. The second-order valence-corrected chi connectivity index (χ2v) is 10.3. The lowest BCUT2D eigenvalue weighted by molar-refractivity contribution is -0.144. The number of amides is 1. The molecule has 1 aliphatic carbocycles. The van der Waals surface area contributed by atoms with Crippen molar-refractivity contribution in [2.75, 3.05) is 33.4 Å². The van der Waals surface area contributed by atoms with Gasteiger partial charge in [-0.05, 0) is 49.8 Å². The van der Waals surface area contributed by atoms with Crippen molar-refractivity contribution in [1.29, 1.82) is 0 Å². The van der Waals surface area contributed by atoms with Gasteiger partial charge in [0.05, 0.1) is 18.8 Å². The SMILES string of the molecule is COCCCCC(c1cccc(F)c1-c1cccc(C)c1)C1CN(C(=O)C2CC(N)C(O)C2)CCO1. The molecule has 1 saturated heterocycles. The highest BCUT2D eigenvalue weighted by atomic mass is 19.1. The zero-order chi connectivity index (χ0) is 25.7. The van der Waals surface area contributed by atoms with E-state index < -0.39 is 6.10 Å². The molecule has 36 heavy (non-hydrogen) atoms. The largest absolute Gasteiger partial charge is 0.391 e. The van der Waals surface area contributed by atoms with Crippen molar-refractivity contribution < 1.29 is 23.8 Å². The molecule has 0 aromatic heterocycles. The Balaban J connectivity index is 1.62. The number of aryl methyl sites for hydroxylation is 1. The van der Waals surface area contributed by atoms with E-state index in [9.17, 15) is 9.90 Å². The van der Waals surface area contributed by atoms with E-state index >= 15 is 4.39 Å². The molecule has 7 heteroatoms. The molecule has 5 atom stereocenters. The predicted molar refractivity (Wildman–Crippen MR) is 138 cm³/mol. The molecule has 1 amide bonds. The van der Waals surface area contributed by atoms with Gasteiger partial charge >= 0.3 is 0 Å². The molecule has 1 aliphatic heterocycles. The lowest BCUT2D eigenvalue weighted by atomic mass is 9.82. The summed E-state index contributed by atoms with van der Waals surface area (Å²) in [5, 5.41) is 10.1. The zero-order valence-electron chi connectivity index (χ0n) is 21.4. The summed E-state index contributed by atoms with van der Waals surface area (Å²) in [5.41, 5.74) is 9.41. The molecule has 2 aliphatic rings. The lowest BCUT2D eigenvalue weighted by Gasteiger charge is -2.39. The van der Waals surface area contributed by atoms with E-state index in [-0.39, 0.29) is 35.7 Å². The zero-order valence-corrected chi connectivity index (χ0v) is 21.4. The maximum absolute atomic E-state index is 15.4. The predicted octanol–water partition coefficient (Wildman–Crippen LogP) is 4.03. The molecule has 2 aromatic carbocycles. The molecule has 0 bridgehead atoms. The number of nitrogens with zero attached hydrogens (tertiary/aromatic N) is 1. The molecule has 1 heterocycles. The van der Waals surface area contributed by atoms with Gasteiger partial charge in [-0.3, -0.25) is 4.79 Å². The fourth-order valence-corrected chi connectivity index (χ4v) is 5.73. The molecule has 2 fully saturated rings. The molecule has 1 saturated carbocycles. The van der Waals surface area contributed by atoms with Crippen LogP contribution in [0.15, 0.2) is 42.5 Å². The number of aliphatic hydroxyl groups excluding tert-OH is 1. The Morgan fingerprint density at radius 1 is 1.25 bits per heavy atom. The average Bonchev–Trinajstić information content (AvgIpc) is 3.21. The van der Waals surface area contributed by atoms with Crippen LogP contribution < -0.4 is 5.73 Å². The third-order valence-electron chi connectivity index (χ3n) is 7.65. The number of unbranched alkanes of at least 4 members (excludes halogenated alkanes) is 1. The number of rotatable bonds is 9. The Kier molecular flexibility index (Phi) is 9.12. The number of nitrogens with two attached hydrogens (primary N) is 1. The maximum Gasteiger partial charge on any atom is 0.226 e. The van der Waals surface area contributed by atoms with Crippen LogP contribution >= 0.6 is 0 Å². The van der Waals surface area contributed by atoms with Crippen molar-refractivity contribution in [1.82, 2.24) is 4.90 Å². The van der Waals surface area contributed by atoms with Crippen molar-refractivity contribution >= 4 is 5.91 Å². The normalized spacial score (nSPS) is 25.2. The minimum absolute atomic E-state index is 0.0339. The molecule has 196 valence electrons. The van der Waals surface area contributed by atoms with Gasteiger partial charge < -0.3 is 25.2 Å². The molecule has 2 aromatic rings. The fourth-order valence-electron chi connectivity index (χ4n) is 5.73. The van der Waals surface area contributed by atoms with E-state index in [1.54, 1.807) is 13.2 Å². The van der Waals surface area contributed by atoms with Gasteiger partial charge in [0, 0.05) is 50.2 Å². The quantitative estimate of drug-likeness (QED) is 0.510. The molecular formula is C29H39FN2O4. The molecule has 3 N–H and O–H groups in total. The lowest BCUT2D eigenvalue weighted by Crippen LogP contribution is -2.49. The number of methoxy groups -OCH3 is 1. The first-order chi connectivity index (χ1) is 17.4. The Labute approximate surface area is 213 Å². The summed E-state index contributed by atoms with van der Waals surface area (Å²) in [6.45, 7) is 4.06. The molecule has 0 radical (unpaired) electrons. The number of carbonyl (C=O) groups is 1. The number of morpholine rings is 1. The number of aliphatic hydroxyl groups is 1. The second kappa shape index (κ2) is 12.3. The Bertz CT molecular complexity index is 1020. The first-order valence-corrected chi connectivity index (χ1v) is 13.1. The van der Waals surface area contributed by atoms with Gasteiger partial charge in [-0.25, -0.2) is 4.39 Å². The van der Waals surface area contributed by atoms with Crippen molar-refractivity contribution in [3.05, 3.63) is 59.4 Å². The van der Waals surface area contributed by atoms with Gasteiger partial charge in [0.1, 0.15) is 5.82 Å². The highest BCUT2D eigenvalue weighted by Crippen LogP contribution is 2.38. The van der Waals surface area contributed by atoms with Gasteiger partial charge in [-0.2, -0.15) is 0 Å². The standard InChI is InChI=1S/C29H39FN2O4/c1-19-7-5-8-20(15-19)28-23(10-6-11-24(28)30)22(9-3-4-13-35-2)27-18-32(12-14-36-27)29(34)21-16-25(31)26(33)17-21/h5-8,10-11,15,21-22,25-27,33H,3-4,9,12-14,16-18,31H2,1-2H3. The van der Waals surface area contributed by atoms with Crippen LogP contribution in [0.3, 0.4) is 0 Å². The van der Waals surface area contributed by atoms with Crippen LogP contribution in [0.2, 0.25) is 0 Å². The first kappa shape index (κ1) is 26.7. The molecule has 6 nitrogen and oxygen atoms in total. The van der Waals surface area contributed by atoms with Crippen LogP contribution in [-0.4, -0.2) is 67.6 Å². The highest BCUT2D eigenvalue weighted by molar-refractivity contribution is 5.79. The van der Waals surface area contributed by atoms with Crippen LogP contribution in [0.4, 0.5) is 4.39 Å². The first-order valence-electron chi connectivity index (χ1n) is 13.1. The Morgan fingerprint density at radius 3 is 2.78 bits per heavy atom. The summed E-state index contributed by atoms with van der Waals surface area (Å²) in [7, 11) is 1.69. The van der Waals surface area contributed by atoms with Crippen molar-refractivity contribution in [2.45, 2.75) is 63.2 Å². The summed E-state index contributed by atoms with van der Waals surface area (Å²) in [6.07, 6.45) is 2.62. The van der Waals surface area contributed by atoms with Crippen LogP contribution in [0.5, 0.6) is 0 Å². The summed E-state index contributed by atoms with van der Waals surface area (Å²) in [5.74, 6) is -0.560. The third-order valence-corrected chi connectivity index (χ3v) is 7.65. The Morgan fingerprint density at radius 2 is 2.06 bits per heavy atom. The molecule has 0 spiro atoms. The summed E-state index contributed by atoms with van der Waals surface area (Å²) in [4.78, 5) is 15.2. The van der Waals surface area contributed by atoms with Gasteiger partial charge in [-0.1, -0.05) is 48.4 Å². The number of halogens is 1. The number of hydrogen-bond donors (Lipinski definition) is 2. The number of benzene rings is 2. The van der Waals surface area contributed by atoms with Gasteiger partial charge in [-0.15, -0.1) is 0 Å². The van der Waals surface area contributed by atoms with Gasteiger partial charge in [0.25, 0.3) is 0 Å². The molecule has 5 unspecified atom stereocenters. The summed E-state index contributed by atoms with van der Waals surface area (Å²) < 4.78 is 26.9. The monoisotopic (exact) mass is 498 g/mol. The third kappa shape index (κ3) is 6.14. The van der Waals surface area contributed by atoms with Crippen molar-refractivity contribution in [3.8, 4) is 11.1 Å². The molecule has 4 rings (SSSR count). The van der Waals surface area contributed by atoms with Crippen LogP contribution in [0, 0.1) is 18.7 Å². The van der Waals surface area contributed by atoms with E-state index in [4.69, 9.17) is 15.2 Å². The fraction of sp³-hybridized carbons (Fsp3) is 0.552. The average molecular weight is 499 g/mol. The topological polar surface area (TPSA) is 85.0 Å². The smallest absolute Gasteiger partial charge is 0.226 e. The maximum atomic E-state index is 15.4. The van der Waals surface area contributed by atoms with Gasteiger partial charge in [0.2, 0.25) is 5.91 Å². The van der Waals surface area contributed by atoms with Gasteiger partial charge in [0.15, 0.2) is 0 Å². The summed E-state index contributed by atoms with van der Waals surface area (Å²) >= 11 is 0. The highest BCUT2D eigenvalue weighted by Gasteiger charge is 2.39. The van der Waals surface area contributed by atoms with E-state index in [0.29, 0.717) is 44.7 Å². The van der Waals surface area contributed by atoms with Crippen LogP contribution in [-0.2, 0) is 14.3 Å². The van der Waals surface area contributed by atoms with Crippen molar-refractivity contribution in [3.63, 3.8) is 0 Å². The number of hydrogen-bond acceptors (Lipinski definition) is 5. The number of carbonyl (C=O) groups excluding carboxylic acids is 1. The minimum Gasteiger partial charge on any atom is -0.391 e. The van der Waals surface area contributed by atoms with E-state index in [0.717, 1.165) is 36.0 Å². The minimum atomic E-state index is -0.631. The van der Waals surface area contributed by atoms with E-state index in [1.165, 1.54) is 6.07 Å². The van der Waals surface area contributed by atoms with E-state index in [2.05, 4.69) is 0 Å². The Hall–Kier alpha value is -2.32.